The lowest BCUT2D eigenvalue weighted by Gasteiger charge is -2.18. The number of rotatable bonds is 3. The molecule has 1 fully saturated rings. The molecule has 0 atom stereocenters. The van der Waals surface area contributed by atoms with Gasteiger partial charge in [0.25, 0.3) is 0 Å². The number of nitrogens with zero attached hydrogens (tertiary/aromatic N) is 1. The van der Waals surface area contributed by atoms with Crippen molar-refractivity contribution < 1.29 is 4.79 Å². The van der Waals surface area contributed by atoms with Crippen molar-refractivity contribution in [2.75, 3.05) is 5.32 Å². The van der Waals surface area contributed by atoms with E-state index >= 15 is 0 Å². The monoisotopic (exact) mass is 263 g/mol. The molecule has 1 aliphatic rings. The molecular formula is C15H25N3O. The molecule has 2 N–H and O–H groups in total. The first-order valence-electron chi connectivity index (χ1n) is 7.53. The van der Waals surface area contributed by atoms with Crippen molar-refractivity contribution in [3.05, 3.63) is 11.8 Å². The maximum Gasteiger partial charge on any atom is 0.228 e. The topological polar surface area (TPSA) is 57.8 Å². The first kappa shape index (κ1) is 14.1. The van der Waals surface area contributed by atoms with Gasteiger partial charge in [0.15, 0.2) is 5.82 Å². The normalized spacial score (nSPS) is 18.1. The number of aromatic nitrogens is 2. The quantitative estimate of drug-likeness (QED) is 0.870. The highest BCUT2D eigenvalue weighted by atomic mass is 16.1. The van der Waals surface area contributed by atoms with Gasteiger partial charge < -0.3 is 5.32 Å². The first-order valence-corrected chi connectivity index (χ1v) is 7.53. The number of amides is 1. The van der Waals surface area contributed by atoms with Gasteiger partial charge in [-0.05, 0) is 18.8 Å². The van der Waals surface area contributed by atoms with E-state index in [0.717, 1.165) is 18.5 Å². The van der Waals surface area contributed by atoms with Crippen molar-refractivity contribution in [2.24, 2.45) is 5.92 Å². The molecule has 0 aliphatic heterocycles. The Morgan fingerprint density at radius 3 is 2.47 bits per heavy atom. The van der Waals surface area contributed by atoms with E-state index in [2.05, 4.69) is 29.4 Å². The second-order valence-electron chi connectivity index (χ2n) is 5.89. The molecule has 0 saturated heterocycles. The molecule has 0 unspecified atom stereocenters. The predicted molar refractivity (Wildman–Crippen MR) is 77.1 cm³/mol. The number of hydrogen-bond donors (Lipinski definition) is 2. The van der Waals surface area contributed by atoms with Crippen LogP contribution in [0, 0.1) is 5.92 Å². The number of aromatic amines is 1. The Morgan fingerprint density at radius 2 is 1.89 bits per heavy atom. The van der Waals surface area contributed by atoms with Gasteiger partial charge in [-0.25, -0.2) is 0 Å². The third-order valence-corrected chi connectivity index (χ3v) is 3.95. The van der Waals surface area contributed by atoms with Gasteiger partial charge in [0, 0.05) is 17.7 Å². The van der Waals surface area contributed by atoms with Gasteiger partial charge in [0.1, 0.15) is 0 Å². The van der Waals surface area contributed by atoms with Gasteiger partial charge in [0.2, 0.25) is 5.91 Å². The Morgan fingerprint density at radius 1 is 1.26 bits per heavy atom. The van der Waals surface area contributed by atoms with Crippen LogP contribution in [0.15, 0.2) is 6.07 Å². The van der Waals surface area contributed by atoms with Crippen LogP contribution < -0.4 is 5.32 Å². The summed E-state index contributed by atoms with van der Waals surface area (Å²) in [5.41, 5.74) is 1.06. The van der Waals surface area contributed by atoms with Gasteiger partial charge in [-0.15, -0.1) is 0 Å². The summed E-state index contributed by atoms with van der Waals surface area (Å²) in [6.07, 6.45) is 8.26. The van der Waals surface area contributed by atoms with E-state index in [1.54, 1.807) is 0 Å². The van der Waals surface area contributed by atoms with Crippen molar-refractivity contribution in [1.82, 2.24) is 10.2 Å². The van der Waals surface area contributed by atoms with Crippen LogP contribution in [-0.4, -0.2) is 16.1 Å². The standard InChI is InChI=1S/C15H25N3O/c1-11(2)13-10-14(18-17-13)16-15(19)12-8-6-4-3-5-7-9-12/h10-12H,3-9H2,1-2H3,(H2,16,17,18,19). The average Bonchev–Trinajstić information content (AvgIpc) is 2.76. The molecule has 0 radical (unpaired) electrons. The van der Waals surface area contributed by atoms with Crippen LogP contribution in [-0.2, 0) is 4.79 Å². The molecule has 1 heterocycles. The molecule has 19 heavy (non-hydrogen) atoms. The number of hydrogen-bond acceptors (Lipinski definition) is 2. The molecule has 106 valence electrons. The lowest BCUT2D eigenvalue weighted by molar-refractivity contribution is -0.120. The number of anilines is 1. The minimum atomic E-state index is 0.142. The van der Waals surface area contributed by atoms with Crippen LogP contribution in [0.3, 0.4) is 0 Å². The fraction of sp³-hybridized carbons (Fsp3) is 0.733. The van der Waals surface area contributed by atoms with Crippen LogP contribution >= 0.6 is 0 Å². The molecule has 0 aromatic carbocycles. The Hall–Kier alpha value is -1.32. The zero-order valence-corrected chi connectivity index (χ0v) is 12.0. The minimum absolute atomic E-state index is 0.142. The number of carbonyl (C=O) groups is 1. The number of H-pyrrole nitrogens is 1. The zero-order valence-electron chi connectivity index (χ0n) is 12.0. The summed E-state index contributed by atoms with van der Waals surface area (Å²) in [6.45, 7) is 4.21. The van der Waals surface area contributed by atoms with E-state index in [4.69, 9.17) is 0 Å². The zero-order chi connectivity index (χ0) is 13.7. The minimum Gasteiger partial charge on any atom is -0.309 e. The predicted octanol–water partition coefficient (Wildman–Crippen LogP) is 3.83. The Balaban J connectivity index is 1.91. The van der Waals surface area contributed by atoms with E-state index in [-0.39, 0.29) is 11.8 Å². The largest absolute Gasteiger partial charge is 0.309 e. The lowest BCUT2D eigenvalue weighted by atomic mass is 9.90. The summed E-state index contributed by atoms with van der Waals surface area (Å²) >= 11 is 0. The van der Waals surface area contributed by atoms with Crippen LogP contribution in [0.2, 0.25) is 0 Å². The van der Waals surface area contributed by atoms with Crippen molar-refractivity contribution in [3.63, 3.8) is 0 Å². The number of nitrogens with one attached hydrogen (secondary N) is 2. The summed E-state index contributed by atoms with van der Waals surface area (Å²) in [4.78, 5) is 12.2. The van der Waals surface area contributed by atoms with Crippen LogP contribution in [0.5, 0.6) is 0 Å². The summed E-state index contributed by atoms with van der Waals surface area (Å²) in [5.74, 6) is 1.37. The highest BCUT2D eigenvalue weighted by Gasteiger charge is 2.20. The SMILES string of the molecule is CC(C)c1cc(NC(=O)C2CCCCCCC2)n[nH]1. The molecule has 1 aromatic rings. The maximum atomic E-state index is 12.2. The van der Waals surface area contributed by atoms with Gasteiger partial charge in [-0.1, -0.05) is 46.0 Å². The Kier molecular flexibility index (Phi) is 5.00. The molecule has 1 aliphatic carbocycles. The van der Waals surface area contributed by atoms with Gasteiger partial charge in [0.05, 0.1) is 0 Å². The summed E-state index contributed by atoms with van der Waals surface area (Å²) in [7, 11) is 0. The van der Waals surface area contributed by atoms with E-state index in [0.29, 0.717) is 11.7 Å². The fourth-order valence-electron chi connectivity index (χ4n) is 2.64. The average molecular weight is 263 g/mol. The van der Waals surface area contributed by atoms with Gasteiger partial charge in [-0.3, -0.25) is 9.89 Å². The summed E-state index contributed by atoms with van der Waals surface area (Å²) < 4.78 is 0. The third-order valence-electron chi connectivity index (χ3n) is 3.95. The second-order valence-corrected chi connectivity index (χ2v) is 5.89. The third kappa shape index (κ3) is 4.08. The highest BCUT2D eigenvalue weighted by Crippen LogP contribution is 2.24. The number of carbonyl (C=O) groups excluding carboxylic acids is 1. The molecule has 0 bridgehead atoms. The van der Waals surface area contributed by atoms with Gasteiger partial charge in [-0.2, -0.15) is 5.10 Å². The fourth-order valence-corrected chi connectivity index (χ4v) is 2.64. The molecule has 2 rings (SSSR count). The molecule has 0 spiro atoms. The van der Waals surface area contributed by atoms with Crippen LogP contribution in [0.1, 0.15) is 70.4 Å². The molecule has 4 nitrogen and oxygen atoms in total. The maximum absolute atomic E-state index is 12.2. The summed E-state index contributed by atoms with van der Waals surface area (Å²) in [5, 5.41) is 10.1. The molecule has 4 heteroatoms. The van der Waals surface area contributed by atoms with E-state index < -0.39 is 0 Å². The molecular weight excluding hydrogens is 238 g/mol. The van der Waals surface area contributed by atoms with Crippen molar-refractivity contribution >= 4 is 11.7 Å². The van der Waals surface area contributed by atoms with Crippen LogP contribution in [0.4, 0.5) is 5.82 Å². The molecule has 1 amide bonds. The molecule has 1 aromatic heterocycles. The summed E-state index contributed by atoms with van der Waals surface area (Å²) in [6, 6.07) is 1.94. The lowest BCUT2D eigenvalue weighted by Crippen LogP contribution is -2.23. The van der Waals surface area contributed by atoms with Crippen molar-refractivity contribution in [3.8, 4) is 0 Å². The van der Waals surface area contributed by atoms with Gasteiger partial charge >= 0.3 is 0 Å². The smallest absolute Gasteiger partial charge is 0.228 e. The Bertz CT molecular complexity index is 403. The van der Waals surface area contributed by atoms with E-state index in [1.807, 2.05) is 6.07 Å². The Labute approximate surface area is 115 Å². The van der Waals surface area contributed by atoms with E-state index in [9.17, 15) is 4.79 Å². The second kappa shape index (κ2) is 6.73. The van der Waals surface area contributed by atoms with Crippen molar-refractivity contribution in [2.45, 2.75) is 64.7 Å². The highest BCUT2D eigenvalue weighted by molar-refractivity contribution is 5.91. The van der Waals surface area contributed by atoms with Crippen molar-refractivity contribution in [1.29, 1.82) is 0 Å². The van der Waals surface area contributed by atoms with Crippen LogP contribution in [0.25, 0.3) is 0 Å². The van der Waals surface area contributed by atoms with E-state index in [1.165, 1.54) is 32.1 Å². The molecule has 1 saturated carbocycles. The first-order chi connectivity index (χ1) is 9.16.